The van der Waals surface area contributed by atoms with E-state index in [0.29, 0.717) is 12.4 Å². The van der Waals surface area contributed by atoms with Crippen LogP contribution in [0.5, 0.6) is 5.75 Å². The predicted octanol–water partition coefficient (Wildman–Crippen LogP) is 4.05. The van der Waals surface area contributed by atoms with Crippen molar-refractivity contribution >= 4 is 13.6 Å². The zero-order chi connectivity index (χ0) is 12.5. The molecule has 0 N–H and O–H groups in total. The molecule has 2 rings (SSSR count). The number of ether oxygens (including phenoxy) is 1. The van der Waals surface area contributed by atoms with Gasteiger partial charge in [-0.15, -0.1) is 12.1 Å². The Morgan fingerprint density at radius 1 is 1.18 bits per heavy atom. The minimum absolute atomic E-state index is 0.333. The minimum atomic E-state index is -0.333. The summed E-state index contributed by atoms with van der Waals surface area (Å²) >= 11 is 4.25. The second-order valence-electron chi connectivity index (χ2n) is 3.16. The first-order valence-electron chi connectivity index (χ1n) is 4.95. The first-order chi connectivity index (χ1) is 8.34. The first kappa shape index (κ1) is 14.3. The summed E-state index contributed by atoms with van der Waals surface area (Å²) in [4.78, 5) is 0. The van der Waals surface area contributed by atoms with Crippen LogP contribution in [0, 0.1) is 11.9 Å². The molecule has 0 radical (unpaired) electrons. The Morgan fingerprint density at radius 2 is 1.88 bits per heavy atom. The molecule has 2 aromatic carbocycles. The van der Waals surface area contributed by atoms with Crippen LogP contribution in [-0.2, 0) is 22.9 Å². The van der Waals surface area contributed by atoms with Crippen molar-refractivity contribution in [2.45, 2.75) is 6.61 Å². The van der Waals surface area contributed by atoms with Gasteiger partial charge in [-0.05, 0) is 5.56 Å². The summed E-state index contributed by atoms with van der Waals surface area (Å²) in [6.07, 6.45) is 0. The van der Waals surface area contributed by atoms with Gasteiger partial charge in [0.2, 0.25) is 0 Å². The van der Waals surface area contributed by atoms with Gasteiger partial charge in [-0.25, -0.2) is 0 Å². The van der Waals surface area contributed by atoms with E-state index in [1.54, 1.807) is 6.07 Å². The average Bonchev–Trinajstić information content (AvgIpc) is 2.40. The predicted molar refractivity (Wildman–Crippen MR) is 64.9 cm³/mol. The summed E-state index contributed by atoms with van der Waals surface area (Å²) in [6, 6.07) is 16.7. The van der Waals surface area contributed by atoms with Crippen molar-refractivity contribution < 1.29 is 25.5 Å². The Labute approximate surface area is 117 Å². The molecule has 0 heterocycles. The topological polar surface area (TPSA) is 9.23 Å². The average molecular weight is 347 g/mol. The van der Waals surface area contributed by atoms with E-state index in [0.717, 1.165) is 5.56 Å². The fourth-order valence-corrected chi connectivity index (χ4v) is 1.25. The maximum atomic E-state index is 12.8. The molecule has 0 saturated carbocycles. The molecule has 1 nitrogen and oxygen atoms in total. The van der Waals surface area contributed by atoms with Gasteiger partial charge >= 0.3 is 30.0 Å². The SMILES string of the molecule is Fc1c[c-]cc(OCc2ccccc2)c1.[Zn+][Br]. The number of rotatable bonds is 3. The van der Waals surface area contributed by atoms with Crippen molar-refractivity contribution in [3.8, 4) is 5.75 Å². The van der Waals surface area contributed by atoms with Crippen LogP contribution in [0.2, 0.25) is 0 Å². The Morgan fingerprint density at radius 3 is 2.53 bits per heavy atom. The second-order valence-corrected chi connectivity index (χ2v) is 3.16. The van der Waals surface area contributed by atoms with E-state index in [2.05, 4.69) is 19.7 Å². The standard InChI is InChI=1S/C13H10FO.BrH.Zn/c14-12-7-4-8-13(9-12)15-10-11-5-2-1-3-6-11;;/h1-3,5-9H,10H2;1H;/q-1;;+2/p-1. The van der Waals surface area contributed by atoms with E-state index in [9.17, 15) is 4.39 Å². The summed E-state index contributed by atoms with van der Waals surface area (Å²) in [5.41, 5.74) is 1.06. The van der Waals surface area contributed by atoms with Gasteiger partial charge in [0, 0.05) is 11.6 Å². The number of hydrogen-bond acceptors (Lipinski definition) is 1. The molecular weight excluding hydrogens is 336 g/mol. The van der Waals surface area contributed by atoms with Gasteiger partial charge < -0.3 is 4.74 Å². The van der Waals surface area contributed by atoms with Crippen molar-refractivity contribution in [3.05, 3.63) is 66.0 Å². The van der Waals surface area contributed by atoms with E-state index in [-0.39, 0.29) is 5.82 Å². The Hall–Kier alpha value is -0.727. The van der Waals surface area contributed by atoms with Gasteiger partial charge in [0.1, 0.15) is 0 Å². The first-order valence-corrected chi connectivity index (χ1v) is 11.9. The molecule has 0 bridgehead atoms. The molecule has 0 fully saturated rings. The monoisotopic (exact) mass is 344 g/mol. The van der Waals surface area contributed by atoms with Crippen molar-refractivity contribution in [3.63, 3.8) is 0 Å². The normalized spacial score (nSPS) is 9.18. The fourth-order valence-electron chi connectivity index (χ4n) is 1.25. The van der Waals surface area contributed by atoms with E-state index in [1.807, 2.05) is 30.3 Å². The van der Waals surface area contributed by atoms with Gasteiger partial charge in [0.15, 0.2) is 0 Å². The van der Waals surface area contributed by atoms with Crippen LogP contribution in [0.3, 0.4) is 0 Å². The van der Waals surface area contributed by atoms with Crippen LogP contribution in [0.15, 0.2) is 48.5 Å². The van der Waals surface area contributed by atoms with Gasteiger partial charge in [-0.2, -0.15) is 6.07 Å². The number of hydrogen-bond donors (Lipinski definition) is 0. The van der Waals surface area contributed by atoms with Gasteiger partial charge in [0.25, 0.3) is 0 Å². The third-order valence-electron chi connectivity index (χ3n) is 1.98. The van der Waals surface area contributed by atoms with E-state index in [1.165, 1.54) is 28.5 Å². The molecule has 0 aromatic heterocycles. The summed E-state index contributed by atoms with van der Waals surface area (Å²) in [6.45, 7) is 0.443. The number of halogens is 2. The molecule has 0 spiro atoms. The van der Waals surface area contributed by atoms with E-state index < -0.39 is 0 Å². The Balaban J connectivity index is 0.000000686. The molecule has 0 amide bonds. The van der Waals surface area contributed by atoms with Gasteiger partial charge in [0.05, 0.1) is 6.61 Å². The Kier molecular flexibility index (Phi) is 7.06. The summed E-state index contributed by atoms with van der Waals surface area (Å²) in [7, 11) is 0. The molecule has 84 valence electrons. The molecule has 0 saturated heterocycles. The third-order valence-corrected chi connectivity index (χ3v) is 1.98. The van der Waals surface area contributed by atoms with Crippen molar-refractivity contribution in [1.29, 1.82) is 0 Å². The molecule has 4 heteroatoms. The fraction of sp³-hybridized carbons (Fsp3) is 0.0769. The van der Waals surface area contributed by atoms with Crippen molar-refractivity contribution in [2.75, 3.05) is 0 Å². The molecule has 0 atom stereocenters. The van der Waals surface area contributed by atoms with Crippen LogP contribution < -0.4 is 4.74 Å². The van der Waals surface area contributed by atoms with Gasteiger partial charge in [-0.3, -0.25) is 4.39 Å². The van der Waals surface area contributed by atoms with Crippen LogP contribution in [0.4, 0.5) is 4.39 Å². The van der Waals surface area contributed by atoms with E-state index in [4.69, 9.17) is 4.74 Å². The van der Waals surface area contributed by atoms with Crippen LogP contribution in [0.1, 0.15) is 5.56 Å². The zero-order valence-electron chi connectivity index (χ0n) is 9.20. The molecule has 17 heavy (non-hydrogen) atoms. The Bertz CT molecular complexity index is 436. The zero-order valence-corrected chi connectivity index (χ0v) is 13.8. The van der Waals surface area contributed by atoms with E-state index >= 15 is 0 Å². The molecular formula is C13H10BrFOZn. The molecule has 0 unspecified atom stereocenters. The van der Waals surface area contributed by atoms with Crippen LogP contribution in [-0.4, -0.2) is 0 Å². The molecule has 0 aliphatic rings. The third kappa shape index (κ3) is 5.42. The number of benzene rings is 2. The van der Waals surface area contributed by atoms with Crippen LogP contribution in [0.25, 0.3) is 0 Å². The van der Waals surface area contributed by atoms with Gasteiger partial charge in [-0.1, -0.05) is 36.4 Å². The summed E-state index contributed by atoms with van der Waals surface area (Å²) < 4.78 is 18.2. The summed E-state index contributed by atoms with van der Waals surface area (Å²) in [5.74, 6) is 0.166. The van der Waals surface area contributed by atoms with Crippen molar-refractivity contribution in [1.82, 2.24) is 0 Å². The molecule has 0 aliphatic heterocycles. The van der Waals surface area contributed by atoms with Crippen LogP contribution >= 0.6 is 13.6 Å². The molecule has 0 aliphatic carbocycles. The second kappa shape index (κ2) is 8.38. The molecule has 2 aromatic rings. The summed E-state index contributed by atoms with van der Waals surface area (Å²) in [5, 5.41) is 0. The quantitative estimate of drug-likeness (QED) is 0.602. The van der Waals surface area contributed by atoms with Crippen molar-refractivity contribution in [2.24, 2.45) is 0 Å². The maximum absolute atomic E-state index is 12.8.